The quantitative estimate of drug-likeness (QED) is 0.327. The van der Waals surface area contributed by atoms with Crippen LogP contribution in [0.3, 0.4) is 0 Å². The molecule has 3 aromatic carbocycles. The first-order valence-corrected chi connectivity index (χ1v) is 12.5. The molecule has 182 valence electrons. The predicted octanol–water partition coefficient (Wildman–Crippen LogP) is 2.99. The van der Waals surface area contributed by atoms with Crippen molar-refractivity contribution < 1.29 is 17.5 Å². The Morgan fingerprint density at radius 3 is 2.43 bits per heavy atom. The van der Waals surface area contributed by atoms with Gasteiger partial charge < -0.3 is 10.1 Å². The van der Waals surface area contributed by atoms with Crippen molar-refractivity contribution in [2.24, 2.45) is 5.14 Å². The molecule has 35 heavy (non-hydrogen) atoms. The molecular formula is C25H26FN5O3S. The van der Waals surface area contributed by atoms with E-state index in [4.69, 9.17) is 9.88 Å². The Hall–Kier alpha value is -3.60. The number of aromatic nitrogens is 3. The summed E-state index contributed by atoms with van der Waals surface area (Å²) in [6.45, 7) is 1.09. The average Bonchev–Trinajstić information content (AvgIpc) is 3.24. The summed E-state index contributed by atoms with van der Waals surface area (Å²) in [6, 6.07) is 21.0. The van der Waals surface area contributed by atoms with E-state index < -0.39 is 15.8 Å². The van der Waals surface area contributed by atoms with Gasteiger partial charge in [0.1, 0.15) is 23.1 Å². The van der Waals surface area contributed by atoms with Crippen LogP contribution in [-0.4, -0.2) is 36.8 Å². The summed E-state index contributed by atoms with van der Waals surface area (Å²) in [5, 5.41) is 13.0. The molecule has 0 amide bonds. The molecule has 10 heteroatoms. The van der Waals surface area contributed by atoms with E-state index in [9.17, 15) is 12.8 Å². The highest BCUT2D eigenvalue weighted by Crippen LogP contribution is 2.20. The van der Waals surface area contributed by atoms with Crippen molar-refractivity contribution in [1.82, 2.24) is 20.1 Å². The molecule has 0 spiro atoms. The van der Waals surface area contributed by atoms with E-state index in [1.54, 1.807) is 7.11 Å². The summed E-state index contributed by atoms with van der Waals surface area (Å²) in [5.41, 5.74) is 2.25. The fraction of sp³-hybridized carbons (Fsp3) is 0.200. The van der Waals surface area contributed by atoms with Crippen LogP contribution in [-0.2, 0) is 29.4 Å². The zero-order chi connectivity index (χ0) is 24.8. The van der Waals surface area contributed by atoms with Crippen LogP contribution in [0.2, 0.25) is 0 Å². The van der Waals surface area contributed by atoms with Gasteiger partial charge in [-0.1, -0.05) is 42.5 Å². The molecule has 0 aliphatic rings. The first-order valence-electron chi connectivity index (χ1n) is 11.0. The van der Waals surface area contributed by atoms with Crippen LogP contribution in [0, 0.1) is 5.82 Å². The Morgan fingerprint density at radius 1 is 1.03 bits per heavy atom. The second-order valence-corrected chi connectivity index (χ2v) is 9.51. The molecule has 0 aliphatic heterocycles. The minimum atomic E-state index is -4.02. The monoisotopic (exact) mass is 495 g/mol. The van der Waals surface area contributed by atoms with Crippen molar-refractivity contribution in [2.75, 3.05) is 13.7 Å². The number of rotatable bonds is 10. The number of methoxy groups -OCH3 is 1. The average molecular weight is 496 g/mol. The van der Waals surface area contributed by atoms with E-state index in [0.29, 0.717) is 31.2 Å². The van der Waals surface area contributed by atoms with Gasteiger partial charge in [0.05, 0.1) is 18.6 Å². The molecule has 4 aromatic rings. The van der Waals surface area contributed by atoms with Gasteiger partial charge in [-0.05, 0) is 54.4 Å². The number of ether oxygens (including phenoxy) is 1. The SMILES string of the molecule is COc1ccc(CCNCc2nc(Cc3ccccc3)n(-c3ccc(S(N)(=O)=O)cc3F)n2)cc1. The molecule has 0 saturated carbocycles. The van der Waals surface area contributed by atoms with Crippen LogP contribution in [0.5, 0.6) is 5.75 Å². The minimum Gasteiger partial charge on any atom is -0.497 e. The summed E-state index contributed by atoms with van der Waals surface area (Å²) in [6.07, 6.45) is 1.24. The molecule has 0 atom stereocenters. The second-order valence-electron chi connectivity index (χ2n) is 7.95. The Balaban J connectivity index is 1.53. The Labute approximate surface area is 203 Å². The van der Waals surface area contributed by atoms with Crippen molar-refractivity contribution in [3.8, 4) is 11.4 Å². The van der Waals surface area contributed by atoms with Crippen molar-refractivity contribution in [3.05, 3.63) is 101 Å². The van der Waals surface area contributed by atoms with Crippen molar-refractivity contribution in [3.63, 3.8) is 0 Å². The lowest BCUT2D eigenvalue weighted by atomic mass is 10.1. The van der Waals surface area contributed by atoms with Gasteiger partial charge in [0.15, 0.2) is 5.82 Å². The molecule has 0 aliphatic carbocycles. The number of hydrogen-bond donors (Lipinski definition) is 2. The van der Waals surface area contributed by atoms with E-state index in [1.165, 1.54) is 22.4 Å². The topological polar surface area (TPSA) is 112 Å². The first kappa shape index (κ1) is 24.5. The van der Waals surface area contributed by atoms with E-state index in [1.807, 2.05) is 54.6 Å². The lowest BCUT2D eigenvalue weighted by Gasteiger charge is -2.08. The number of hydrogen-bond acceptors (Lipinski definition) is 6. The minimum absolute atomic E-state index is 0.0975. The van der Waals surface area contributed by atoms with Gasteiger partial charge in [-0.2, -0.15) is 0 Å². The van der Waals surface area contributed by atoms with Crippen LogP contribution in [0.1, 0.15) is 22.8 Å². The maximum Gasteiger partial charge on any atom is 0.238 e. The van der Waals surface area contributed by atoms with Crippen molar-refractivity contribution in [2.45, 2.75) is 24.3 Å². The summed E-state index contributed by atoms with van der Waals surface area (Å²) in [7, 11) is -2.39. The summed E-state index contributed by atoms with van der Waals surface area (Å²) in [4.78, 5) is 4.32. The van der Waals surface area contributed by atoms with Crippen LogP contribution < -0.4 is 15.2 Å². The lowest BCUT2D eigenvalue weighted by Crippen LogP contribution is -2.17. The molecule has 1 heterocycles. The predicted molar refractivity (Wildman–Crippen MR) is 130 cm³/mol. The molecular weight excluding hydrogens is 469 g/mol. The zero-order valence-corrected chi connectivity index (χ0v) is 20.0. The van der Waals surface area contributed by atoms with Gasteiger partial charge in [-0.25, -0.2) is 27.6 Å². The highest BCUT2D eigenvalue weighted by atomic mass is 32.2. The van der Waals surface area contributed by atoms with Gasteiger partial charge in [-0.3, -0.25) is 0 Å². The van der Waals surface area contributed by atoms with Gasteiger partial charge in [0.25, 0.3) is 0 Å². The Morgan fingerprint density at radius 2 is 1.77 bits per heavy atom. The van der Waals surface area contributed by atoms with Gasteiger partial charge >= 0.3 is 0 Å². The lowest BCUT2D eigenvalue weighted by molar-refractivity contribution is 0.414. The third-order valence-electron chi connectivity index (χ3n) is 5.43. The maximum atomic E-state index is 14.9. The Kier molecular flexibility index (Phi) is 7.54. The number of primary sulfonamides is 1. The molecule has 0 saturated heterocycles. The smallest absolute Gasteiger partial charge is 0.238 e. The van der Waals surface area contributed by atoms with Crippen LogP contribution in [0.25, 0.3) is 5.69 Å². The summed E-state index contributed by atoms with van der Waals surface area (Å²) < 4.78 is 44.7. The zero-order valence-electron chi connectivity index (χ0n) is 19.2. The van der Waals surface area contributed by atoms with E-state index in [-0.39, 0.29) is 10.6 Å². The normalized spacial score (nSPS) is 11.5. The van der Waals surface area contributed by atoms with Crippen LogP contribution in [0.15, 0.2) is 77.7 Å². The number of benzene rings is 3. The highest BCUT2D eigenvalue weighted by Gasteiger charge is 2.18. The summed E-state index contributed by atoms with van der Waals surface area (Å²) in [5.74, 6) is 1.09. The molecule has 4 rings (SSSR count). The van der Waals surface area contributed by atoms with Gasteiger partial charge in [-0.15, -0.1) is 5.10 Å². The fourth-order valence-corrected chi connectivity index (χ4v) is 4.14. The Bertz CT molecular complexity index is 1390. The van der Waals surface area contributed by atoms with E-state index in [0.717, 1.165) is 23.8 Å². The third-order valence-corrected chi connectivity index (χ3v) is 6.34. The molecule has 0 fully saturated rings. The van der Waals surface area contributed by atoms with Gasteiger partial charge in [0.2, 0.25) is 10.0 Å². The standard InChI is InChI=1S/C25H26FN5O3S/c1-34-20-9-7-18(8-10-20)13-14-28-17-24-29-25(15-19-5-3-2-4-6-19)31(30-24)23-12-11-21(16-22(23)26)35(27,32)33/h2-12,16,28H,13-15,17H2,1H3,(H2,27,32,33). The van der Waals surface area contributed by atoms with E-state index in [2.05, 4.69) is 15.4 Å². The van der Waals surface area contributed by atoms with E-state index >= 15 is 0 Å². The molecule has 3 N–H and O–H groups in total. The maximum absolute atomic E-state index is 14.9. The molecule has 0 radical (unpaired) electrons. The molecule has 1 aromatic heterocycles. The first-order chi connectivity index (χ1) is 16.8. The third kappa shape index (κ3) is 6.30. The number of nitrogens with zero attached hydrogens (tertiary/aromatic N) is 3. The largest absolute Gasteiger partial charge is 0.497 e. The number of nitrogens with one attached hydrogen (secondary N) is 1. The van der Waals surface area contributed by atoms with Crippen LogP contribution >= 0.6 is 0 Å². The second kappa shape index (κ2) is 10.8. The summed E-state index contributed by atoms with van der Waals surface area (Å²) >= 11 is 0. The van der Waals surface area contributed by atoms with Crippen LogP contribution in [0.4, 0.5) is 4.39 Å². The molecule has 0 unspecified atom stereocenters. The van der Waals surface area contributed by atoms with Gasteiger partial charge in [0, 0.05) is 6.42 Å². The highest BCUT2D eigenvalue weighted by molar-refractivity contribution is 7.89. The number of halogens is 1. The molecule has 0 bridgehead atoms. The fourth-order valence-electron chi connectivity index (χ4n) is 3.61. The molecule has 8 nitrogen and oxygen atoms in total. The number of sulfonamides is 1. The van der Waals surface area contributed by atoms with Crippen molar-refractivity contribution >= 4 is 10.0 Å². The number of nitrogens with two attached hydrogens (primary N) is 1. The van der Waals surface area contributed by atoms with Crippen molar-refractivity contribution in [1.29, 1.82) is 0 Å².